The first kappa shape index (κ1) is 19.1. The topological polar surface area (TPSA) is 48.3 Å². The molecule has 0 bridgehead atoms. The lowest BCUT2D eigenvalue weighted by Crippen LogP contribution is -2.45. The number of rotatable bonds is 7. The van der Waals surface area contributed by atoms with Crippen LogP contribution in [-0.2, 0) is 11.3 Å². The molecular weight excluding hydrogens is 348 g/mol. The zero-order chi connectivity index (χ0) is 19.5. The molecule has 2 fully saturated rings. The average Bonchev–Trinajstić information content (AvgIpc) is 3.38. The van der Waals surface area contributed by atoms with E-state index in [0.29, 0.717) is 19.3 Å². The highest BCUT2D eigenvalue weighted by molar-refractivity contribution is 5.76. The molecule has 0 N–H and O–H groups in total. The molecule has 5 nitrogen and oxygen atoms in total. The third-order valence-electron chi connectivity index (χ3n) is 6.57. The molecule has 3 aliphatic heterocycles. The third-order valence-corrected chi connectivity index (χ3v) is 6.57. The van der Waals surface area contributed by atoms with Gasteiger partial charge in [0.15, 0.2) is 5.66 Å². The van der Waals surface area contributed by atoms with Gasteiger partial charge in [0.2, 0.25) is 5.91 Å². The summed E-state index contributed by atoms with van der Waals surface area (Å²) in [5.41, 5.74) is 1.30. The molecule has 1 unspecified atom stereocenters. The standard InChI is InChI=1S/C23H30N4O/c1-2-3-12-23(24-25-23)13-10-21(28)27-16-14-22(19-27)11-7-15-26(18-22)17-20-8-5-4-6-9-20/h1,4-6,8-9H,3,7,10-19H2. The largest absolute Gasteiger partial charge is 0.342 e. The van der Waals surface area contributed by atoms with Crippen molar-refractivity contribution in [2.24, 2.45) is 15.6 Å². The van der Waals surface area contributed by atoms with E-state index < -0.39 is 0 Å². The smallest absolute Gasteiger partial charge is 0.222 e. The lowest BCUT2D eigenvalue weighted by Gasteiger charge is -2.40. The number of hydrogen-bond acceptors (Lipinski definition) is 4. The van der Waals surface area contributed by atoms with Crippen molar-refractivity contribution in [2.75, 3.05) is 26.2 Å². The highest BCUT2D eigenvalue weighted by Gasteiger charge is 2.44. The molecule has 5 heteroatoms. The number of hydrogen-bond donors (Lipinski definition) is 0. The predicted molar refractivity (Wildman–Crippen MR) is 109 cm³/mol. The van der Waals surface area contributed by atoms with Gasteiger partial charge in [-0.25, -0.2) is 0 Å². The normalized spacial score (nSPS) is 25.8. The van der Waals surface area contributed by atoms with Crippen LogP contribution in [0.1, 0.15) is 50.5 Å². The molecule has 1 atom stereocenters. The lowest BCUT2D eigenvalue weighted by atomic mass is 9.79. The van der Waals surface area contributed by atoms with Crippen LogP contribution in [0.4, 0.5) is 0 Å². The highest BCUT2D eigenvalue weighted by atomic mass is 16.2. The second-order valence-corrected chi connectivity index (χ2v) is 8.75. The predicted octanol–water partition coefficient (Wildman–Crippen LogP) is 3.86. The second-order valence-electron chi connectivity index (χ2n) is 8.75. The number of amides is 1. The molecule has 1 spiro atoms. The van der Waals surface area contributed by atoms with Crippen LogP contribution in [0.2, 0.25) is 0 Å². The number of nitrogens with zero attached hydrogens (tertiary/aromatic N) is 4. The van der Waals surface area contributed by atoms with Gasteiger partial charge in [-0.2, -0.15) is 10.2 Å². The molecule has 3 aliphatic rings. The monoisotopic (exact) mass is 378 g/mol. The number of carbonyl (C=O) groups is 1. The van der Waals surface area contributed by atoms with Crippen molar-refractivity contribution in [3.63, 3.8) is 0 Å². The van der Waals surface area contributed by atoms with Gasteiger partial charge in [-0.15, -0.1) is 12.3 Å². The number of likely N-dealkylation sites (tertiary alicyclic amines) is 2. The zero-order valence-corrected chi connectivity index (χ0v) is 16.6. The molecule has 0 aliphatic carbocycles. The van der Waals surface area contributed by atoms with Gasteiger partial charge in [-0.3, -0.25) is 9.69 Å². The van der Waals surface area contributed by atoms with Crippen molar-refractivity contribution in [2.45, 2.75) is 57.2 Å². The van der Waals surface area contributed by atoms with E-state index in [-0.39, 0.29) is 17.0 Å². The first-order valence-electron chi connectivity index (χ1n) is 10.5. The van der Waals surface area contributed by atoms with Gasteiger partial charge < -0.3 is 4.90 Å². The van der Waals surface area contributed by atoms with E-state index in [1.807, 2.05) is 0 Å². The van der Waals surface area contributed by atoms with Gasteiger partial charge in [0.25, 0.3) is 0 Å². The van der Waals surface area contributed by atoms with Gasteiger partial charge in [0.05, 0.1) is 0 Å². The summed E-state index contributed by atoms with van der Waals surface area (Å²) < 4.78 is 0. The molecule has 148 valence electrons. The van der Waals surface area contributed by atoms with Gasteiger partial charge in [-0.05, 0) is 31.4 Å². The summed E-state index contributed by atoms with van der Waals surface area (Å²) in [6.07, 6.45) is 11.6. The SMILES string of the molecule is C#CCCC1(CCC(=O)N2CCC3(CCCN(Cc4ccccc4)C3)C2)N=N1. The average molecular weight is 379 g/mol. The molecule has 2 saturated heterocycles. The highest BCUT2D eigenvalue weighted by Crippen LogP contribution is 2.41. The van der Waals surface area contributed by atoms with Crippen LogP contribution in [-0.4, -0.2) is 47.5 Å². The van der Waals surface area contributed by atoms with Gasteiger partial charge in [-0.1, -0.05) is 30.3 Å². The maximum absolute atomic E-state index is 12.8. The molecule has 3 heterocycles. The summed E-state index contributed by atoms with van der Waals surface area (Å²) in [6, 6.07) is 10.7. The van der Waals surface area contributed by atoms with Crippen LogP contribution >= 0.6 is 0 Å². The van der Waals surface area contributed by atoms with Gasteiger partial charge >= 0.3 is 0 Å². The van der Waals surface area contributed by atoms with E-state index in [1.165, 1.54) is 18.4 Å². The van der Waals surface area contributed by atoms with Gasteiger partial charge in [0.1, 0.15) is 0 Å². The van der Waals surface area contributed by atoms with Crippen molar-refractivity contribution in [1.82, 2.24) is 9.80 Å². The summed E-state index contributed by atoms with van der Waals surface area (Å²) in [5.74, 6) is 2.91. The number of carbonyl (C=O) groups excluding carboxylic acids is 1. The number of piperidine rings is 1. The molecule has 0 saturated carbocycles. The maximum Gasteiger partial charge on any atom is 0.222 e. The van der Waals surface area contributed by atoms with Crippen molar-refractivity contribution >= 4 is 5.91 Å². The van der Waals surface area contributed by atoms with Crippen LogP contribution in [0, 0.1) is 17.8 Å². The van der Waals surface area contributed by atoms with E-state index in [2.05, 4.69) is 56.3 Å². The summed E-state index contributed by atoms with van der Waals surface area (Å²) in [7, 11) is 0. The lowest BCUT2D eigenvalue weighted by molar-refractivity contribution is -0.131. The van der Waals surface area contributed by atoms with Gasteiger partial charge in [0, 0.05) is 57.3 Å². The Morgan fingerprint density at radius 2 is 1.93 bits per heavy atom. The zero-order valence-electron chi connectivity index (χ0n) is 16.6. The molecule has 0 radical (unpaired) electrons. The molecule has 1 aromatic rings. The summed E-state index contributed by atoms with van der Waals surface area (Å²) in [5, 5.41) is 8.31. The van der Waals surface area contributed by atoms with Crippen LogP contribution in [0.15, 0.2) is 40.6 Å². The Labute approximate surface area is 168 Å². The summed E-state index contributed by atoms with van der Waals surface area (Å²) in [4.78, 5) is 17.4. The van der Waals surface area contributed by atoms with Crippen molar-refractivity contribution in [3.8, 4) is 12.3 Å². The quantitative estimate of drug-likeness (QED) is 0.677. The molecule has 4 rings (SSSR count). The molecule has 1 amide bonds. The van der Waals surface area contributed by atoms with Crippen molar-refractivity contribution < 1.29 is 4.79 Å². The number of benzene rings is 1. The molecule has 0 aromatic heterocycles. The maximum atomic E-state index is 12.8. The Morgan fingerprint density at radius 3 is 2.68 bits per heavy atom. The second kappa shape index (κ2) is 8.05. The Hall–Kier alpha value is -2.19. The summed E-state index contributed by atoms with van der Waals surface area (Å²) in [6.45, 7) is 5.07. The Kier molecular flexibility index (Phi) is 5.50. The van der Waals surface area contributed by atoms with Crippen LogP contribution < -0.4 is 0 Å². The first-order chi connectivity index (χ1) is 13.6. The minimum absolute atomic E-state index is 0.259. The third kappa shape index (κ3) is 4.44. The Morgan fingerprint density at radius 1 is 1.11 bits per heavy atom. The van der Waals surface area contributed by atoms with Crippen LogP contribution in [0.3, 0.4) is 0 Å². The minimum Gasteiger partial charge on any atom is -0.342 e. The summed E-state index contributed by atoms with van der Waals surface area (Å²) >= 11 is 0. The van der Waals surface area contributed by atoms with Crippen molar-refractivity contribution in [3.05, 3.63) is 35.9 Å². The van der Waals surface area contributed by atoms with Crippen molar-refractivity contribution in [1.29, 1.82) is 0 Å². The molecule has 1 aromatic carbocycles. The fourth-order valence-corrected chi connectivity index (χ4v) is 4.90. The molecule has 28 heavy (non-hydrogen) atoms. The Bertz CT molecular complexity index is 763. The fraction of sp³-hybridized carbons (Fsp3) is 0.609. The van der Waals surface area contributed by atoms with E-state index >= 15 is 0 Å². The van der Waals surface area contributed by atoms with E-state index in [9.17, 15) is 4.79 Å². The van der Waals surface area contributed by atoms with Crippen LogP contribution in [0.25, 0.3) is 0 Å². The Balaban J connectivity index is 1.28. The van der Waals surface area contributed by atoms with E-state index in [1.54, 1.807) is 0 Å². The number of terminal acetylenes is 1. The minimum atomic E-state index is -0.350. The molecular formula is C23H30N4O. The fourth-order valence-electron chi connectivity index (χ4n) is 4.90. The first-order valence-corrected chi connectivity index (χ1v) is 10.5. The van der Waals surface area contributed by atoms with Crippen LogP contribution in [0.5, 0.6) is 0 Å². The van der Waals surface area contributed by atoms with E-state index in [0.717, 1.165) is 45.6 Å². The van der Waals surface area contributed by atoms with E-state index in [4.69, 9.17) is 6.42 Å².